The molecule has 0 aliphatic carbocycles. The Bertz CT molecular complexity index is 106. The highest BCUT2D eigenvalue weighted by Gasteiger charge is 2.16. The van der Waals surface area contributed by atoms with Crippen LogP contribution in [0.3, 0.4) is 0 Å². The second-order valence-electron chi connectivity index (χ2n) is 3.59. The van der Waals surface area contributed by atoms with Crippen molar-refractivity contribution in [2.45, 2.75) is 45.8 Å². The molecule has 74 valence electrons. The van der Waals surface area contributed by atoms with E-state index in [0.717, 1.165) is 5.92 Å². The van der Waals surface area contributed by atoms with E-state index >= 15 is 0 Å². The molecule has 0 radical (unpaired) electrons. The highest BCUT2D eigenvalue weighted by atomic mass is 16.5. The Morgan fingerprint density at radius 3 is 2.25 bits per heavy atom. The lowest BCUT2D eigenvalue weighted by Gasteiger charge is -2.24. The Morgan fingerprint density at radius 2 is 1.92 bits per heavy atom. The Labute approximate surface area is 76.7 Å². The van der Waals surface area contributed by atoms with Gasteiger partial charge in [0.15, 0.2) is 0 Å². The summed E-state index contributed by atoms with van der Waals surface area (Å²) in [6.45, 7) is 6.63. The first-order chi connectivity index (χ1) is 5.65. The lowest BCUT2D eigenvalue weighted by atomic mass is 9.96. The average molecular weight is 173 g/mol. The highest BCUT2D eigenvalue weighted by molar-refractivity contribution is 4.73. The van der Waals surface area contributed by atoms with E-state index in [4.69, 9.17) is 4.74 Å². The van der Waals surface area contributed by atoms with E-state index < -0.39 is 0 Å². The van der Waals surface area contributed by atoms with Gasteiger partial charge in [0, 0.05) is 13.2 Å². The van der Waals surface area contributed by atoms with Crippen molar-refractivity contribution in [1.82, 2.24) is 5.32 Å². The van der Waals surface area contributed by atoms with E-state index in [0.29, 0.717) is 12.1 Å². The van der Waals surface area contributed by atoms with Crippen LogP contribution in [0.25, 0.3) is 0 Å². The fraction of sp³-hybridized carbons (Fsp3) is 1.00. The Morgan fingerprint density at radius 1 is 1.33 bits per heavy atom. The minimum atomic E-state index is 0.309. The van der Waals surface area contributed by atoms with Crippen LogP contribution in [-0.4, -0.2) is 26.3 Å². The van der Waals surface area contributed by atoms with Crippen LogP contribution < -0.4 is 5.32 Å². The summed E-state index contributed by atoms with van der Waals surface area (Å²) in [4.78, 5) is 0. The topological polar surface area (TPSA) is 21.3 Å². The number of methoxy groups -OCH3 is 1. The normalized spacial score (nSPS) is 18.8. The van der Waals surface area contributed by atoms with Gasteiger partial charge in [0.1, 0.15) is 0 Å². The number of hydrogen-bond donors (Lipinski definition) is 1. The van der Waals surface area contributed by atoms with Crippen LogP contribution in [-0.2, 0) is 4.74 Å². The maximum Gasteiger partial charge on any atom is 0.0696 e. The third-order valence-corrected chi connectivity index (χ3v) is 2.66. The van der Waals surface area contributed by atoms with Gasteiger partial charge in [-0.3, -0.25) is 0 Å². The van der Waals surface area contributed by atoms with Gasteiger partial charge in [0.25, 0.3) is 0 Å². The molecule has 0 aliphatic heterocycles. The molecule has 0 heterocycles. The van der Waals surface area contributed by atoms with Gasteiger partial charge in [-0.15, -0.1) is 0 Å². The molecule has 0 fully saturated rings. The molecule has 0 aromatic carbocycles. The van der Waals surface area contributed by atoms with Crippen molar-refractivity contribution in [3.63, 3.8) is 0 Å². The lowest BCUT2D eigenvalue weighted by molar-refractivity contribution is 0.0773. The van der Waals surface area contributed by atoms with Crippen LogP contribution in [0.2, 0.25) is 0 Å². The summed E-state index contributed by atoms with van der Waals surface area (Å²) in [5, 5.41) is 3.29. The fourth-order valence-corrected chi connectivity index (χ4v) is 1.31. The Hall–Kier alpha value is -0.0800. The lowest BCUT2D eigenvalue weighted by Crippen LogP contribution is -2.38. The van der Waals surface area contributed by atoms with E-state index in [1.807, 2.05) is 7.05 Å². The SMILES string of the molecule is CCC(C)CC(NC)C(C)OC. The van der Waals surface area contributed by atoms with Gasteiger partial charge < -0.3 is 10.1 Å². The van der Waals surface area contributed by atoms with Crippen LogP contribution in [0.15, 0.2) is 0 Å². The van der Waals surface area contributed by atoms with Gasteiger partial charge in [-0.1, -0.05) is 20.3 Å². The number of rotatable bonds is 6. The quantitative estimate of drug-likeness (QED) is 0.663. The number of nitrogens with one attached hydrogen (secondary N) is 1. The van der Waals surface area contributed by atoms with Crippen molar-refractivity contribution in [3.05, 3.63) is 0 Å². The van der Waals surface area contributed by atoms with E-state index in [9.17, 15) is 0 Å². The summed E-state index contributed by atoms with van der Waals surface area (Å²) in [6, 6.07) is 0.491. The zero-order valence-corrected chi connectivity index (χ0v) is 9.05. The van der Waals surface area contributed by atoms with Crippen LogP contribution in [0, 0.1) is 5.92 Å². The maximum absolute atomic E-state index is 5.29. The van der Waals surface area contributed by atoms with Crippen molar-refractivity contribution in [2.75, 3.05) is 14.2 Å². The highest BCUT2D eigenvalue weighted by Crippen LogP contribution is 2.13. The van der Waals surface area contributed by atoms with Crippen LogP contribution in [0.4, 0.5) is 0 Å². The van der Waals surface area contributed by atoms with Crippen molar-refractivity contribution in [2.24, 2.45) is 5.92 Å². The largest absolute Gasteiger partial charge is 0.380 e. The van der Waals surface area contributed by atoms with Crippen LogP contribution >= 0.6 is 0 Å². The molecule has 0 bridgehead atoms. The molecular weight excluding hydrogens is 150 g/mol. The minimum Gasteiger partial charge on any atom is -0.380 e. The van der Waals surface area contributed by atoms with Crippen molar-refractivity contribution < 1.29 is 4.74 Å². The predicted molar refractivity (Wildman–Crippen MR) is 53.4 cm³/mol. The molecule has 0 saturated carbocycles. The average Bonchev–Trinajstić information content (AvgIpc) is 2.12. The Balaban J connectivity index is 3.81. The van der Waals surface area contributed by atoms with E-state index in [1.165, 1.54) is 12.8 Å². The van der Waals surface area contributed by atoms with Crippen LogP contribution in [0.5, 0.6) is 0 Å². The van der Waals surface area contributed by atoms with E-state index in [-0.39, 0.29) is 0 Å². The van der Waals surface area contributed by atoms with Crippen molar-refractivity contribution >= 4 is 0 Å². The first-order valence-electron chi connectivity index (χ1n) is 4.85. The molecule has 0 aliphatic rings. The molecule has 0 amide bonds. The predicted octanol–water partition coefficient (Wildman–Crippen LogP) is 2.05. The third-order valence-electron chi connectivity index (χ3n) is 2.66. The van der Waals surface area contributed by atoms with Crippen molar-refractivity contribution in [1.29, 1.82) is 0 Å². The molecule has 12 heavy (non-hydrogen) atoms. The smallest absolute Gasteiger partial charge is 0.0696 e. The Kier molecular flexibility index (Phi) is 6.39. The molecule has 3 unspecified atom stereocenters. The molecule has 2 nitrogen and oxygen atoms in total. The van der Waals surface area contributed by atoms with Gasteiger partial charge in [-0.05, 0) is 26.3 Å². The molecule has 0 spiro atoms. The fourth-order valence-electron chi connectivity index (χ4n) is 1.31. The van der Waals surface area contributed by atoms with Gasteiger partial charge in [0.2, 0.25) is 0 Å². The minimum absolute atomic E-state index is 0.309. The first kappa shape index (κ1) is 11.9. The monoisotopic (exact) mass is 173 g/mol. The van der Waals surface area contributed by atoms with Gasteiger partial charge in [-0.2, -0.15) is 0 Å². The zero-order valence-electron chi connectivity index (χ0n) is 9.05. The molecule has 1 N–H and O–H groups in total. The molecule has 3 atom stereocenters. The molecule has 0 aromatic rings. The maximum atomic E-state index is 5.29. The van der Waals surface area contributed by atoms with E-state index in [2.05, 4.69) is 26.1 Å². The van der Waals surface area contributed by atoms with Gasteiger partial charge in [-0.25, -0.2) is 0 Å². The standard InChI is InChI=1S/C10H23NO/c1-6-8(2)7-10(11-4)9(3)12-5/h8-11H,6-7H2,1-5H3. The summed E-state index contributed by atoms with van der Waals surface area (Å²) >= 11 is 0. The van der Waals surface area contributed by atoms with Gasteiger partial charge in [0.05, 0.1) is 6.10 Å². The molecule has 0 aromatic heterocycles. The second kappa shape index (κ2) is 6.44. The van der Waals surface area contributed by atoms with E-state index in [1.54, 1.807) is 7.11 Å². The van der Waals surface area contributed by atoms with Gasteiger partial charge >= 0.3 is 0 Å². The molecule has 2 heteroatoms. The zero-order chi connectivity index (χ0) is 9.56. The summed E-state index contributed by atoms with van der Waals surface area (Å²) in [5.41, 5.74) is 0. The number of likely N-dealkylation sites (N-methyl/N-ethyl adjacent to an activating group) is 1. The van der Waals surface area contributed by atoms with Crippen molar-refractivity contribution in [3.8, 4) is 0 Å². The summed E-state index contributed by atoms with van der Waals surface area (Å²) in [5.74, 6) is 0.778. The summed E-state index contributed by atoms with van der Waals surface area (Å²) in [6.07, 6.45) is 2.75. The number of hydrogen-bond acceptors (Lipinski definition) is 2. The molecule has 0 saturated heterocycles. The second-order valence-corrected chi connectivity index (χ2v) is 3.59. The third kappa shape index (κ3) is 4.07. The molecular formula is C10H23NO. The summed E-state index contributed by atoms with van der Waals surface area (Å²) < 4.78 is 5.29. The number of ether oxygens (including phenoxy) is 1. The first-order valence-corrected chi connectivity index (χ1v) is 4.85. The summed E-state index contributed by atoms with van der Waals surface area (Å²) in [7, 11) is 3.77. The molecule has 0 rings (SSSR count). The van der Waals surface area contributed by atoms with Crippen LogP contribution in [0.1, 0.15) is 33.6 Å².